The molecule has 0 aliphatic carbocycles. The summed E-state index contributed by atoms with van der Waals surface area (Å²) < 4.78 is 15.3. The lowest BCUT2D eigenvalue weighted by Gasteiger charge is -2.13. The third-order valence-corrected chi connectivity index (χ3v) is 6.53. The van der Waals surface area contributed by atoms with Crippen molar-refractivity contribution in [3.05, 3.63) is 125 Å². The highest BCUT2D eigenvalue weighted by atomic mass is 19.1. The minimum absolute atomic E-state index is 0.181. The van der Waals surface area contributed by atoms with E-state index < -0.39 is 0 Å². The first kappa shape index (κ1) is 25.0. The van der Waals surface area contributed by atoms with Gasteiger partial charge in [-0.2, -0.15) is 0 Å². The standard InChI is InChI=1S/C32H28FN3O2/c1-21-7-11-25(12-8-21)30-22(2)19-36(20-23-9-14-27(33)15-10-23)31(30)32(38)34-18-29(37)35-28-16-13-24-5-3-4-6-26(24)17-28/h3-17,19H,18,20H2,1-2H3,(H,34,38)(H,35,37). The number of aromatic nitrogens is 1. The van der Waals surface area contributed by atoms with Crippen LogP contribution < -0.4 is 10.6 Å². The maximum atomic E-state index is 13.5. The Balaban J connectivity index is 1.38. The summed E-state index contributed by atoms with van der Waals surface area (Å²) in [5, 5.41) is 7.76. The minimum atomic E-state index is -0.357. The number of aryl methyl sites for hydroxylation is 2. The number of benzene rings is 4. The van der Waals surface area contributed by atoms with Crippen LogP contribution in [0.25, 0.3) is 21.9 Å². The van der Waals surface area contributed by atoms with Crippen molar-refractivity contribution in [3.63, 3.8) is 0 Å². The predicted octanol–water partition coefficient (Wildman–Crippen LogP) is 6.48. The molecule has 6 heteroatoms. The Hall–Kier alpha value is -4.71. The average molecular weight is 506 g/mol. The highest BCUT2D eigenvalue weighted by Crippen LogP contribution is 2.30. The summed E-state index contributed by atoms with van der Waals surface area (Å²) in [6.45, 7) is 4.18. The summed E-state index contributed by atoms with van der Waals surface area (Å²) in [5.74, 6) is -0.989. The molecule has 5 aromatic rings. The van der Waals surface area contributed by atoms with E-state index in [0.29, 0.717) is 17.9 Å². The Kier molecular flexibility index (Phi) is 7.05. The summed E-state index contributed by atoms with van der Waals surface area (Å²) >= 11 is 0. The Morgan fingerprint density at radius 1 is 0.842 bits per heavy atom. The Labute approximate surface area is 220 Å². The topological polar surface area (TPSA) is 63.1 Å². The van der Waals surface area contributed by atoms with Gasteiger partial charge in [0.25, 0.3) is 5.91 Å². The second-order valence-electron chi connectivity index (χ2n) is 9.45. The van der Waals surface area contributed by atoms with Crippen molar-refractivity contribution < 1.29 is 14.0 Å². The molecule has 0 fully saturated rings. The van der Waals surface area contributed by atoms with Crippen LogP contribution in [0.1, 0.15) is 27.2 Å². The molecule has 190 valence electrons. The average Bonchev–Trinajstić information content (AvgIpc) is 3.24. The van der Waals surface area contributed by atoms with Crippen LogP contribution in [0, 0.1) is 19.7 Å². The van der Waals surface area contributed by atoms with Crippen molar-refractivity contribution >= 4 is 28.3 Å². The number of anilines is 1. The molecule has 0 radical (unpaired) electrons. The number of halogens is 1. The summed E-state index contributed by atoms with van der Waals surface area (Å²) in [6.07, 6.45) is 1.92. The Morgan fingerprint density at radius 2 is 1.55 bits per heavy atom. The van der Waals surface area contributed by atoms with Crippen LogP contribution >= 0.6 is 0 Å². The number of carbonyl (C=O) groups is 2. The van der Waals surface area contributed by atoms with Crippen LogP contribution in [0.3, 0.4) is 0 Å². The maximum absolute atomic E-state index is 13.5. The van der Waals surface area contributed by atoms with Gasteiger partial charge in [0.15, 0.2) is 0 Å². The molecule has 0 saturated carbocycles. The van der Waals surface area contributed by atoms with Gasteiger partial charge in [-0.15, -0.1) is 0 Å². The van der Waals surface area contributed by atoms with Gasteiger partial charge in [-0.1, -0.05) is 72.3 Å². The predicted molar refractivity (Wildman–Crippen MR) is 150 cm³/mol. The van der Waals surface area contributed by atoms with E-state index in [2.05, 4.69) is 10.6 Å². The lowest BCUT2D eigenvalue weighted by molar-refractivity contribution is -0.115. The summed E-state index contributed by atoms with van der Waals surface area (Å²) in [5.41, 5.74) is 5.75. The van der Waals surface area contributed by atoms with Gasteiger partial charge in [0.05, 0.1) is 6.54 Å². The van der Waals surface area contributed by atoms with E-state index in [1.807, 2.05) is 91.3 Å². The summed E-state index contributed by atoms with van der Waals surface area (Å²) in [7, 11) is 0. The first-order chi connectivity index (χ1) is 18.4. The van der Waals surface area contributed by atoms with Gasteiger partial charge in [-0.3, -0.25) is 9.59 Å². The quantitative estimate of drug-likeness (QED) is 0.266. The first-order valence-corrected chi connectivity index (χ1v) is 12.5. The highest BCUT2D eigenvalue weighted by Gasteiger charge is 2.22. The van der Waals surface area contributed by atoms with E-state index in [9.17, 15) is 14.0 Å². The van der Waals surface area contributed by atoms with Gasteiger partial charge in [-0.05, 0) is 65.6 Å². The highest BCUT2D eigenvalue weighted by molar-refractivity contribution is 6.03. The number of hydrogen-bond donors (Lipinski definition) is 2. The molecule has 0 saturated heterocycles. The second-order valence-corrected chi connectivity index (χ2v) is 9.45. The number of amides is 2. The van der Waals surface area contributed by atoms with Crippen LogP contribution in [0.5, 0.6) is 0 Å². The van der Waals surface area contributed by atoms with Crippen molar-refractivity contribution in [2.75, 3.05) is 11.9 Å². The molecule has 0 aliphatic rings. The Bertz CT molecular complexity index is 1620. The lowest BCUT2D eigenvalue weighted by atomic mass is 10.0. The molecule has 5 nitrogen and oxygen atoms in total. The molecule has 38 heavy (non-hydrogen) atoms. The molecular formula is C32H28FN3O2. The number of nitrogens with zero attached hydrogens (tertiary/aromatic N) is 1. The number of fused-ring (bicyclic) bond motifs is 1. The van der Waals surface area contributed by atoms with Crippen molar-refractivity contribution in [2.24, 2.45) is 0 Å². The molecule has 0 atom stereocenters. The summed E-state index contributed by atoms with van der Waals surface area (Å²) in [4.78, 5) is 26.3. The smallest absolute Gasteiger partial charge is 0.269 e. The van der Waals surface area contributed by atoms with Gasteiger partial charge in [0.2, 0.25) is 5.91 Å². The fourth-order valence-corrected chi connectivity index (χ4v) is 4.65. The molecule has 5 rings (SSSR count). The van der Waals surface area contributed by atoms with Crippen LogP contribution in [-0.4, -0.2) is 22.9 Å². The maximum Gasteiger partial charge on any atom is 0.269 e. The fraction of sp³-hybridized carbons (Fsp3) is 0.125. The SMILES string of the molecule is Cc1ccc(-c2c(C)cn(Cc3ccc(F)cc3)c2C(=O)NCC(=O)Nc2ccc3ccccc3c2)cc1. The molecule has 4 aromatic carbocycles. The number of rotatable bonds is 7. The number of carbonyl (C=O) groups excluding carboxylic acids is 2. The van der Waals surface area contributed by atoms with Gasteiger partial charge in [0.1, 0.15) is 11.5 Å². The van der Waals surface area contributed by atoms with Gasteiger partial charge in [-0.25, -0.2) is 4.39 Å². The normalized spacial score (nSPS) is 10.9. The Morgan fingerprint density at radius 3 is 2.29 bits per heavy atom. The zero-order valence-electron chi connectivity index (χ0n) is 21.3. The van der Waals surface area contributed by atoms with E-state index in [1.165, 1.54) is 12.1 Å². The molecule has 2 N–H and O–H groups in total. The van der Waals surface area contributed by atoms with Crippen molar-refractivity contribution in [1.29, 1.82) is 0 Å². The molecule has 0 bridgehead atoms. The lowest BCUT2D eigenvalue weighted by Crippen LogP contribution is -2.34. The minimum Gasteiger partial charge on any atom is -0.342 e. The summed E-state index contributed by atoms with van der Waals surface area (Å²) in [6, 6.07) is 27.8. The molecule has 0 aliphatic heterocycles. The van der Waals surface area contributed by atoms with Crippen LogP contribution in [0.2, 0.25) is 0 Å². The fourth-order valence-electron chi connectivity index (χ4n) is 4.65. The molecule has 2 amide bonds. The van der Waals surface area contributed by atoms with Crippen LogP contribution in [0.15, 0.2) is 97.2 Å². The van der Waals surface area contributed by atoms with E-state index in [0.717, 1.165) is 38.6 Å². The van der Waals surface area contributed by atoms with Crippen LogP contribution in [-0.2, 0) is 11.3 Å². The zero-order valence-corrected chi connectivity index (χ0v) is 21.3. The van der Waals surface area contributed by atoms with Gasteiger partial charge < -0.3 is 15.2 Å². The van der Waals surface area contributed by atoms with E-state index in [-0.39, 0.29) is 24.2 Å². The van der Waals surface area contributed by atoms with Gasteiger partial charge >= 0.3 is 0 Å². The third-order valence-electron chi connectivity index (χ3n) is 6.53. The first-order valence-electron chi connectivity index (χ1n) is 12.5. The number of hydrogen-bond acceptors (Lipinski definition) is 2. The molecule has 1 heterocycles. The molecule has 1 aromatic heterocycles. The second kappa shape index (κ2) is 10.7. The van der Waals surface area contributed by atoms with E-state index in [1.54, 1.807) is 12.1 Å². The van der Waals surface area contributed by atoms with Crippen molar-refractivity contribution in [1.82, 2.24) is 9.88 Å². The largest absolute Gasteiger partial charge is 0.342 e. The van der Waals surface area contributed by atoms with E-state index >= 15 is 0 Å². The molecule has 0 unspecified atom stereocenters. The number of nitrogens with one attached hydrogen (secondary N) is 2. The van der Waals surface area contributed by atoms with Crippen LogP contribution in [0.4, 0.5) is 10.1 Å². The van der Waals surface area contributed by atoms with Crippen molar-refractivity contribution in [3.8, 4) is 11.1 Å². The third kappa shape index (κ3) is 5.49. The van der Waals surface area contributed by atoms with Gasteiger partial charge in [0, 0.05) is 24.0 Å². The van der Waals surface area contributed by atoms with Crippen molar-refractivity contribution in [2.45, 2.75) is 20.4 Å². The zero-order chi connectivity index (χ0) is 26.6. The molecular weight excluding hydrogens is 477 g/mol. The molecule has 0 spiro atoms. The van der Waals surface area contributed by atoms with E-state index in [4.69, 9.17) is 0 Å². The monoisotopic (exact) mass is 505 g/mol.